The summed E-state index contributed by atoms with van der Waals surface area (Å²) in [7, 11) is 0. The van der Waals surface area contributed by atoms with Crippen molar-refractivity contribution in [2.45, 2.75) is 24.7 Å². The van der Waals surface area contributed by atoms with Gasteiger partial charge in [0.2, 0.25) is 11.7 Å². The third-order valence-corrected chi connectivity index (χ3v) is 4.96. The van der Waals surface area contributed by atoms with Gasteiger partial charge in [-0.15, -0.1) is 0 Å². The third-order valence-electron chi connectivity index (χ3n) is 4.68. The Bertz CT molecular complexity index is 950. The second-order valence-electron chi connectivity index (χ2n) is 6.40. The zero-order valence-electron chi connectivity index (χ0n) is 13.9. The summed E-state index contributed by atoms with van der Waals surface area (Å²) in [6.45, 7) is -0.238. The van der Waals surface area contributed by atoms with Gasteiger partial charge in [0.1, 0.15) is 29.2 Å². The number of nitrogens with one attached hydrogen (secondary N) is 1. The number of nitrogen functional groups attached to an aromatic ring is 1. The average Bonchev–Trinajstić information content (AvgIpc) is 3.17. The second-order valence-corrected chi connectivity index (χ2v) is 6.76. The highest BCUT2D eigenvalue weighted by molar-refractivity contribution is 6.32. The molecule has 0 saturated heterocycles. The molecule has 4 atom stereocenters. The molecule has 0 amide bonds. The summed E-state index contributed by atoms with van der Waals surface area (Å²) >= 11 is 6.28. The number of fused-ring (bicyclic) bond motifs is 1. The summed E-state index contributed by atoms with van der Waals surface area (Å²) < 4.78 is 5.72. The van der Waals surface area contributed by atoms with Gasteiger partial charge in [-0.1, -0.05) is 11.6 Å². The van der Waals surface area contributed by atoms with Crippen molar-refractivity contribution in [2.75, 3.05) is 17.7 Å². The van der Waals surface area contributed by atoms with Crippen LogP contribution in [0.4, 0.5) is 11.8 Å². The standard InChI is InChI=1S/C16H17ClN6O4/c17-13-10(9-2-6-3-19-5-20-15(6)27-9)14(23-16(18)22-13)21-8-1-7(4-24)11(25)12(8)26/h2-3,5,7-8,11-12,24-26H,1,4H2,(H3,18,21,22,23)/t7-,8-,11-,12+/m1/s1. The first-order valence-corrected chi connectivity index (χ1v) is 8.62. The average molecular weight is 393 g/mol. The van der Waals surface area contributed by atoms with Crippen LogP contribution in [0.15, 0.2) is 23.0 Å². The second kappa shape index (κ2) is 6.89. The topological polar surface area (TPSA) is 163 Å². The molecule has 1 aliphatic carbocycles. The normalized spacial score (nSPS) is 25.2. The molecule has 0 aliphatic heterocycles. The van der Waals surface area contributed by atoms with E-state index in [0.29, 0.717) is 28.8 Å². The molecular weight excluding hydrogens is 376 g/mol. The van der Waals surface area contributed by atoms with Crippen LogP contribution >= 0.6 is 11.6 Å². The zero-order valence-corrected chi connectivity index (χ0v) is 14.7. The van der Waals surface area contributed by atoms with Gasteiger partial charge < -0.3 is 30.8 Å². The van der Waals surface area contributed by atoms with Gasteiger partial charge in [-0.2, -0.15) is 4.98 Å². The van der Waals surface area contributed by atoms with Gasteiger partial charge in [-0.3, -0.25) is 0 Å². The number of aliphatic hydroxyl groups is 3. The van der Waals surface area contributed by atoms with E-state index in [-0.39, 0.29) is 23.5 Å². The molecule has 1 fully saturated rings. The van der Waals surface area contributed by atoms with Crippen LogP contribution in [0.3, 0.4) is 0 Å². The molecule has 11 heteroatoms. The van der Waals surface area contributed by atoms with Crippen LogP contribution in [0.25, 0.3) is 22.4 Å². The van der Waals surface area contributed by atoms with Crippen molar-refractivity contribution in [3.8, 4) is 11.3 Å². The Balaban J connectivity index is 1.75. The molecule has 1 saturated carbocycles. The van der Waals surface area contributed by atoms with Crippen molar-refractivity contribution >= 4 is 34.5 Å². The first kappa shape index (κ1) is 17.9. The number of rotatable bonds is 4. The summed E-state index contributed by atoms with van der Waals surface area (Å²) in [5.41, 5.74) is 6.44. The van der Waals surface area contributed by atoms with Crippen molar-refractivity contribution in [1.29, 1.82) is 0 Å². The molecule has 1 aliphatic rings. The number of hydrogen-bond donors (Lipinski definition) is 5. The highest BCUT2D eigenvalue weighted by Gasteiger charge is 2.41. The van der Waals surface area contributed by atoms with E-state index in [4.69, 9.17) is 21.8 Å². The molecule has 0 radical (unpaired) electrons. The molecule has 4 rings (SSSR count). The largest absolute Gasteiger partial charge is 0.437 e. The first-order valence-electron chi connectivity index (χ1n) is 8.24. The predicted octanol–water partition coefficient (Wildman–Crippen LogP) is 0.430. The fraction of sp³-hybridized carbons (Fsp3) is 0.375. The maximum absolute atomic E-state index is 10.3. The number of aliphatic hydroxyl groups excluding tert-OH is 3. The van der Waals surface area contributed by atoms with E-state index in [0.717, 1.165) is 0 Å². The molecule has 0 unspecified atom stereocenters. The van der Waals surface area contributed by atoms with Crippen LogP contribution in [0.2, 0.25) is 5.15 Å². The molecule has 3 aromatic heterocycles. The number of halogens is 1. The van der Waals surface area contributed by atoms with Gasteiger partial charge in [-0.05, 0) is 12.5 Å². The van der Waals surface area contributed by atoms with Crippen LogP contribution in [-0.4, -0.2) is 60.1 Å². The third kappa shape index (κ3) is 3.16. The van der Waals surface area contributed by atoms with Crippen molar-refractivity contribution in [3.63, 3.8) is 0 Å². The molecule has 0 aromatic carbocycles. The van der Waals surface area contributed by atoms with Gasteiger partial charge in [0.15, 0.2) is 0 Å². The molecule has 0 bridgehead atoms. The van der Waals surface area contributed by atoms with Gasteiger partial charge in [0.05, 0.1) is 23.1 Å². The van der Waals surface area contributed by atoms with Gasteiger partial charge in [0, 0.05) is 18.7 Å². The Hall–Kier alpha value is -2.53. The SMILES string of the molecule is Nc1nc(Cl)c(-c2cc3cncnc3o2)c(N[C@@H]2C[C@H](CO)[C@@H](O)[C@H]2O)n1. The van der Waals surface area contributed by atoms with Gasteiger partial charge >= 0.3 is 0 Å². The lowest BCUT2D eigenvalue weighted by Gasteiger charge is -2.20. The van der Waals surface area contributed by atoms with Crippen LogP contribution in [0, 0.1) is 5.92 Å². The number of nitrogens with zero attached hydrogens (tertiary/aromatic N) is 4. The van der Waals surface area contributed by atoms with Crippen LogP contribution < -0.4 is 11.1 Å². The van der Waals surface area contributed by atoms with E-state index in [2.05, 4.69) is 25.3 Å². The first-order chi connectivity index (χ1) is 13.0. The molecule has 3 heterocycles. The monoisotopic (exact) mass is 392 g/mol. The minimum absolute atomic E-state index is 0.0590. The highest BCUT2D eigenvalue weighted by atomic mass is 35.5. The molecule has 0 spiro atoms. The Labute approximate surface area is 158 Å². The molecular formula is C16H17ClN6O4. The molecule has 3 aromatic rings. The van der Waals surface area contributed by atoms with E-state index < -0.39 is 24.2 Å². The Morgan fingerprint density at radius 2 is 2.11 bits per heavy atom. The van der Waals surface area contributed by atoms with E-state index in [1.807, 2.05) is 0 Å². The molecule has 27 heavy (non-hydrogen) atoms. The molecule has 10 nitrogen and oxygen atoms in total. The molecule has 142 valence electrons. The molecule has 6 N–H and O–H groups in total. The quantitative estimate of drug-likeness (QED) is 0.393. The zero-order chi connectivity index (χ0) is 19.1. The lowest BCUT2D eigenvalue weighted by Crippen LogP contribution is -2.35. The van der Waals surface area contributed by atoms with Crippen molar-refractivity contribution in [2.24, 2.45) is 5.92 Å². The minimum Gasteiger partial charge on any atom is -0.437 e. The number of furan rings is 1. The maximum Gasteiger partial charge on any atom is 0.229 e. The van der Waals surface area contributed by atoms with Crippen LogP contribution in [0.1, 0.15) is 6.42 Å². The predicted molar refractivity (Wildman–Crippen MR) is 96.9 cm³/mol. The van der Waals surface area contributed by atoms with Crippen LogP contribution in [0.5, 0.6) is 0 Å². The highest BCUT2D eigenvalue weighted by Crippen LogP contribution is 2.38. The smallest absolute Gasteiger partial charge is 0.229 e. The van der Waals surface area contributed by atoms with Crippen molar-refractivity contribution < 1.29 is 19.7 Å². The summed E-state index contributed by atoms with van der Waals surface area (Å²) in [6, 6.07) is 1.13. The van der Waals surface area contributed by atoms with Gasteiger partial charge in [-0.25, -0.2) is 15.0 Å². The summed E-state index contributed by atoms with van der Waals surface area (Å²) in [4.78, 5) is 16.1. The maximum atomic E-state index is 10.3. The Morgan fingerprint density at radius 3 is 2.81 bits per heavy atom. The fourth-order valence-electron chi connectivity index (χ4n) is 3.31. The Kier molecular flexibility index (Phi) is 4.56. The number of anilines is 2. The van der Waals surface area contributed by atoms with E-state index in [1.165, 1.54) is 6.33 Å². The van der Waals surface area contributed by atoms with E-state index in [1.54, 1.807) is 12.3 Å². The number of hydrogen-bond acceptors (Lipinski definition) is 10. The summed E-state index contributed by atoms with van der Waals surface area (Å²) in [5.74, 6) is 0.0880. The number of nitrogens with two attached hydrogens (primary N) is 1. The summed E-state index contributed by atoms with van der Waals surface area (Å²) in [5, 5.41) is 33.4. The minimum atomic E-state index is -1.09. The van der Waals surface area contributed by atoms with Crippen molar-refractivity contribution in [3.05, 3.63) is 23.7 Å². The number of aromatic nitrogens is 4. The van der Waals surface area contributed by atoms with Crippen LogP contribution in [-0.2, 0) is 0 Å². The van der Waals surface area contributed by atoms with Crippen molar-refractivity contribution in [1.82, 2.24) is 19.9 Å². The lowest BCUT2D eigenvalue weighted by atomic mass is 10.1. The Morgan fingerprint density at radius 1 is 1.30 bits per heavy atom. The fourth-order valence-corrected chi connectivity index (χ4v) is 3.58. The summed E-state index contributed by atoms with van der Waals surface area (Å²) in [6.07, 6.45) is 1.16. The van der Waals surface area contributed by atoms with Gasteiger partial charge in [0.25, 0.3) is 0 Å². The van der Waals surface area contributed by atoms with E-state index in [9.17, 15) is 15.3 Å². The van der Waals surface area contributed by atoms with E-state index >= 15 is 0 Å². The lowest BCUT2D eigenvalue weighted by molar-refractivity contribution is 0.00446.